The van der Waals surface area contributed by atoms with E-state index < -0.39 is 0 Å². The summed E-state index contributed by atoms with van der Waals surface area (Å²) in [5.41, 5.74) is 0.759. The molecular weight excluding hydrogens is 365 g/mol. The van der Waals surface area contributed by atoms with Crippen LogP contribution < -0.4 is 15.6 Å². The lowest BCUT2D eigenvalue weighted by atomic mass is 10.3. The Morgan fingerprint density at radius 1 is 1.28 bits per heavy atom. The fourth-order valence-corrected chi connectivity index (χ4v) is 2.77. The zero-order valence-electron chi connectivity index (χ0n) is 13.4. The fourth-order valence-electron chi connectivity index (χ4n) is 2.31. The van der Waals surface area contributed by atoms with Crippen LogP contribution in [0.25, 0.3) is 0 Å². The van der Waals surface area contributed by atoms with Gasteiger partial charge in [0.2, 0.25) is 0 Å². The number of ether oxygens (including phenoxy) is 1. The monoisotopic (exact) mass is 381 g/mol. The summed E-state index contributed by atoms with van der Waals surface area (Å²) in [6.45, 7) is 0.427. The molecule has 1 amide bonds. The minimum absolute atomic E-state index is 0.175. The van der Waals surface area contributed by atoms with Gasteiger partial charge in [0.05, 0.1) is 17.3 Å². The molecule has 0 aliphatic heterocycles. The van der Waals surface area contributed by atoms with E-state index in [9.17, 15) is 9.59 Å². The van der Waals surface area contributed by atoms with Crippen molar-refractivity contribution >= 4 is 29.1 Å². The van der Waals surface area contributed by atoms with Gasteiger partial charge in [-0.2, -0.15) is 5.10 Å². The van der Waals surface area contributed by atoms with Crippen LogP contribution in [0.5, 0.6) is 5.75 Å². The Morgan fingerprint density at radius 2 is 2.08 bits per heavy atom. The molecule has 8 heteroatoms. The van der Waals surface area contributed by atoms with Crippen LogP contribution >= 0.6 is 23.2 Å². The zero-order valence-corrected chi connectivity index (χ0v) is 14.9. The molecule has 1 aromatic carbocycles. The Labute approximate surface area is 154 Å². The molecule has 1 aromatic heterocycles. The third-order valence-corrected chi connectivity index (χ3v) is 4.31. The van der Waals surface area contributed by atoms with Gasteiger partial charge in [0, 0.05) is 23.6 Å². The highest BCUT2D eigenvalue weighted by molar-refractivity contribution is 6.35. The van der Waals surface area contributed by atoms with Crippen molar-refractivity contribution in [3.05, 3.63) is 56.4 Å². The molecule has 0 unspecified atom stereocenters. The van der Waals surface area contributed by atoms with Crippen LogP contribution in [0.3, 0.4) is 0 Å². The Kier molecular flexibility index (Phi) is 5.60. The number of rotatable bonds is 7. The third kappa shape index (κ3) is 4.96. The highest BCUT2D eigenvalue weighted by Crippen LogP contribution is 2.38. The van der Waals surface area contributed by atoms with E-state index in [1.54, 1.807) is 24.3 Å². The maximum Gasteiger partial charge on any atom is 0.266 e. The summed E-state index contributed by atoms with van der Waals surface area (Å²) in [5.74, 6) is 0.549. The second kappa shape index (κ2) is 7.89. The van der Waals surface area contributed by atoms with Crippen LogP contribution in [0.2, 0.25) is 10.0 Å². The second-order valence-electron chi connectivity index (χ2n) is 5.81. The average Bonchev–Trinajstić information content (AvgIpc) is 3.41. The molecule has 1 heterocycles. The smallest absolute Gasteiger partial charge is 0.266 e. The summed E-state index contributed by atoms with van der Waals surface area (Å²) in [4.78, 5) is 23.6. The fraction of sp³-hybridized carbons (Fsp3) is 0.353. The number of carbonyl (C=O) groups is 1. The van der Waals surface area contributed by atoms with Crippen LogP contribution in [0.15, 0.2) is 35.1 Å². The van der Waals surface area contributed by atoms with Crippen LogP contribution in [0.1, 0.15) is 24.5 Å². The largest absolute Gasteiger partial charge is 0.482 e. The first-order chi connectivity index (χ1) is 12.0. The van der Waals surface area contributed by atoms with Gasteiger partial charge in [-0.3, -0.25) is 9.59 Å². The molecule has 1 N–H and O–H groups in total. The van der Waals surface area contributed by atoms with Crippen LogP contribution in [-0.4, -0.2) is 28.8 Å². The highest BCUT2D eigenvalue weighted by atomic mass is 35.5. The molecule has 2 aromatic rings. The molecule has 1 fully saturated rings. The predicted molar refractivity (Wildman–Crippen MR) is 95.4 cm³/mol. The molecule has 1 aliphatic carbocycles. The van der Waals surface area contributed by atoms with Crippen molar-refractivity contribution in [3.63, 3.8) is 0 Å². The van der Waals surface area contributed by atoms with Gasteiger partial charge in [-0.05, 0) is 37.1 Å². The van der Waals surface area contributed by atoms with E-state index in [2.05, 4.69) is 10.4 Å². The maximum atomic E-state index is 11.8. The third-order valence-electron chi connectivity index (χ3n) is 3.78. The van der Waals surface area contributed by atoms with E-state index >= 15 is 0 Å². The minimum atomic E-state index is -0.308. The van der Waals surface area contributed by atoms with Crippen molar-refractivity contribution in [2.24, 2.45) is 0 Å². The summed E-state index contributed by atoms with van der Waals surface area (Å²) in [6, 6.07) is 8.07. The number of nitrogens with one attached hydrogen (secondary N) is 1. The van der Waals surface area contributed by atoms with Crippen molar-refractivity contribution < 1.29 is 9.53 Å². The number of hydrogen-bond acceptors (Lipinski definition) is 4. The topological polar surface area (TPSA) is 73.2 Å². The number of carbonyl (C=O) groups excluding carboxylic acids is 1. The van der Waals surface area contributed by atoms with Gasteiger partial charge in [-0.15, -0.1) is 0 Å². The van der Waals surface area contributed by atoms with Crippen molar-refractivity contribution in [1.82, 2.24) is 15.1 Å². The van der Waals surface area contributed by atoms with Gasteiger partial charge in [-0.1, -0.05) is 23.2 Å². The van der Waals surface area contributed by atoms with Crippen LogP contribution in [0.4, 0.5) is 0 Å². The number of aromatic nitrogens is 2. The van der Waals surface area contributed by atoms with E-state index in [0.717, 1.165) is 18.5 Å². The normalized spacial score (nSPS) is 13.5. The highest BCUT2D eigenvalue weighted by Gasteiger charge is 2.25. The molecule has 0 spiro atoms. The minimum Gasteiger partial charge on any atom is -0.482 e. The molecule has 0 atom stereocenters. The van der Waals surface area contributed by atoms with Gasteiger partial charge < -0.3 is 10.1 Å². The van der Waals surface area contributed by atoms with Gasteiger partial charge in [-0.25, -0.2) is 4.68 Å². The van der Waals surface area contributed by atoms with Gasteiger partial charge in [0.1, 0.15) is 5.75 Å². The van der Waals surface area contributed by atoms with E-state index in [-0.39, 0.29) is 24.6 Å². The Morgan fingerprint density at radius 3 is 2.80 bits per heavy atom. The molecule has 0 saturated heterocycles. The quantitative estimate of drug-likeness (QED) is 0.799. The molecule has 3 rings (SSSR count). The summed E-state index contributed by atoms with van der Waals surface area (Å²) in [7, 11) is 0. The summed E-state index contributed by atoms with van der Waals surface area (Å²) in [6.07, 6.45) is 2.24. The molecule has 132 valence electrons. The maximum absolute atomic E-state index is 11.8. The zero-order chi connectivity index (χ0) is 17.8. The molecule has 1 saturated carbocycles. The number of amides is 1. The standard InChI is InChI=1S/C17H17Cl2N3O3/c18-12-3-5-15(13(19)9-12)25-10-16(23)20-7-8-22-17(24)6-4-14(21-22)11-1-2-11/h3-6,9,11H,1-2,7-8,10H2,(H,20,23). The number of benzene rings is 1. The van der Waals surface area contributed by atoms with Crippen molar-refractivity contribution in [3.8, 4) is 5.75 Å². The molecular formula is C17H17Cl2N3O3. The van der Waals surface area contributed by atoms with Gasteiger partial charge in [0.25, 0.3) is 11.5 Å². The SMILES string of the molecule is O=C(COc1ccc(Cl)cc1Cl)NCCn1nc(C2CC2)ccc1=O. The lowest BCUT2D eigenvalue weighted by Crippen LogP contribution is -2.34. The van der Waals surface area contributed by atoms with Crippen molar-refractivity contribution in [2.75, 3.05) is 13.2 Å². The predicted octanol–water partition coefficient (Wildman–Crippen LogP) is 2.62. The molecule has 1 aliphatic rings. The number of nitrogens with zero attached hydrogens (tertiary/aromatic N) is 2. The summed E-state index contributed by atoms with van der Waals surface area (Å²) in [5, 5.41) is 7.86. The number of halogens is 2. The van der Waals surface area contributed by atoms with Gasteiger partial charge >= 0.3 is 0 Å². The molecule has 25 heavy (non-hydrogen) atoms. The van der Waals surface area contributed by atoms with E-state index in [1.165, 1.54) is 10.7 Å². The second-order valence-corrected chi connectivity index (χ2v) is 6.65. The van der Waals surface area contributed by atoms with Crippen molar-refractivity contribution in [2.45, 2.75) is 25.3 Å². The van der Waals surface area contributed by atoms with Crippen LogP contribution in [0, 0.1) is 0 Å². The Hall–Kier alpha value is -2.05. The lowest BCUT2D eigenvalue weighted by molar-refractivity contribution is -0.123. The molecule has 6 nitrogen and oxygen atoms in total. The number of hydrogen-bond donors (Lipinski definition) is 1. The summed E-state index contributed by atoms with van der Waals surface area (Å²) >= 11 is 11.8. The molecule has 0 radical (unpaired) electrons. The summed E-state index contributed by atoms with van der Waals surface area (Å²) < 4.78 is 6.73. The Bertz CT molecular complexity index is 834. The van der Waals surface area contributed by atoms with E-state index in [1.807, 2.05) is 0 Å². The lowest BCUT2D eigenvalue weighted by Gasteiger charge is -2.10. The average molecular weight is 382 g/mol. The first-order valence-electron chi connectivity index (χ1n) is 7.95. The van der Waals surface area contributed by atoms with Crippen LogP contribution in [-0.2, 0) is 11.3 Å². The van der Waals surface area contributed by atoms with Crippen molar-refractivity contribution in [1.29, 1.82) is 0 Å². The molecule has 0 bridgehead atoms. The first kappa shape index (κ1) is 17.8. The Balaban J connectivity index is 1.46. The van der Waals surface area contributed by atoms with E-state index in [0.29, 0.717) is 28.3 Å². The van der Waals surface area contributed by atoms with Gasteiger partial charge in [0.15, 0.2) is 6.61 Å². The van der Waals surface area contributed by atoms with E-state index in [4.69, 9.17) is 27.9 Å². The first-order valence-corrected chi connectivity index (χ1v) is 8.71.